The van der Waals surface area contributed by atoms with E-state index in [0.717, 1.165) is 12.1 Å². The normalized spacial score (nSPS) is 16.4. The lowest BCUT2D eigenvalue weighted by atomic mass is 10.2. The number of H-pyrrole nitrogens is 1. The molecule has 1 unspecified atom stereocenters. The molecule has 24 heavy (non-hydrogen) atoms. The number of hydrogen-bond donors (Lipinski definition) is 1. The molecule has 1 aliphatic rings. The molecule has 0 saturated heterocycles. The topological polar surface area (TPSA) is 67.5 Å². The molecule has 1 atom stereocenters. The van der Waals surface area contributed by atoms with Crippen LogP contribution in [0.1, 0.15) is 29.5 Å². The second-order valence-corrected chi connectivity index (χ2v) is 5.58. The van der Waals surface area contributed by atoms with Gasteiger partial charge >= 0.3 is 0 Å². The van der Waals surface area contributed by atoms with E-state index in [9.17, 15) is 4.79 Å². The SMILES string of the molecule is CCC1C=CCN1C(=O)c1cc(COc2ccccc2OC)[nH]n1. The number of methoxy groups -OCH3 is 1. The predicted molar refractivity (Wildman–Crippen MR) is 90.2 cm³/mol. The number of para-hydroxylation sites is 2. The summed E-state index contributed by atoms with van der Waals surface area (Å²) in [5.74, 6) is 1.26. The molecule has 0 radical (unpaired) electrons. The highest BCUT2D eigenvalue weighted by atomic mass is 16.5. The summed E-state index contributed by atoms with van der Waals surface area (Å²) in [6.07, 6.45) is 4.98. The fourth-order valence-electron chi connectivity index (χ4n) is 2.75. The number of benzene rings is 1. The van der Waals surface area contributed by atoms with Crippen molar-refractivity contribution in [2.75, 3.05) is 13.7 Å². The second kappa shape index (κ2) is 7.21. The molecule has 6 heteroatoms. The molecule has 0 spiro atoms. The number of aromatic nitrogens is 2. The standard InChI is InChI=1S/C18H21N3O3/c1-3-14-7-6-10-21(14)18(22)15-11-13(19-20-15)12-24-17-9-5-4-8-16(17)23-2/h4-9,11,14H,3,10,12H2,1-2H3,(H,19,20). The molecule has 1 aliphatic heterocycles. The Hall–Kier alpha value is -2.76. The van der Waals surface area contributed by atoms with Gasteiger partial charge in [0, 0.05) is 6.54 Å². The molecule has 6 nitrogen and oxygen atoms in total. The number of carbonyl (C=O) groups is 1. The number of rotatable bonds is 6. The number of aromatic amines is 1. The minimum atomic E-state index is -0.0633. The first-order chi connectivity index (χ1) is 11.7. The van der Waals surface area contributed by atoms with E-state index < -0.39 is 0 Å². The van der Waals surface area contributed by atoms with Crippen molar-refractivity contribution in [3.8, 4) is 11.5 Å². The molecule has 1 aromatic heterocycles. The highest BCUT2D eigenvalue weighted by Gasteiger charge is 2.26. The minimum Gasteiger partial charge on any atom is -0.493 e. The molecule has 0 aliphatic carbocycles. The summed E-state index contributed by atoms with van der Waals surface area (Å²) in [7, 11) is 1.60. The fraction of sp³-hybridized carbons (Fsp3) is 0.333. The van der Waals surface area contributed by atoms with E-state index in [1.165, 1.54) is 0 Å². The smallest absolute Gasteiger partial charge is 0.275 e. The zero-order chi connectivity index (χ0) is 16.9. The lowest BCUT2D eigenvalue weighted by Crippen LogP contribution is -2.35. The van der Waals surface area contributed by atoms with E-state index >= 15 is 0 Å². The summed E-state index contributed by atoms with van der Waals surface area (Å²) in [6.45, 7) is 2.99. The Bertz CT molecular complexity index is 739. The van der Waals surface area contributed by atoms with Gasteiger partial charge < -0.3 is 14.4 Å². The van der Waals surface area contributed by atoms with Crippen molar-refractivity contribution in [2.45, 2.75) is 26.0 Å². The average molecular weight is 327 g/mol. The lowest BCUT2D eigenvalue weighted by Gasteiger charge is -2.22. The van der Waals surface area contributed by atoms with Crippen LogP contribution >= 0.6 is 0 Å². The first kappa shape index (κ1) is 16.1. The van der Waals surface area contributed by atoms with E-state index in [-0.39, 0.29) is 18.6 Å². The Labute approximate surface area is 141 Å². The maximum absolute atomic E-state index is 12.5. The summed E-state index contributed by atoms with van der Waals surface area (Å²) in [5.41, 5.74) is 1.15. The van der Waals surface area contributed by atoms with Gasteiger partial charge in [0.05, 0.1) is 18.8 Å². The number of carbonyl (C=O) groups excluding carboxylic acids is 1. The Kier molecular flexibility index (Phi) is 4.84. The van der Waals surface area contributed by atoms with Crippen molar-refractivity contribution in [2.24, 2.45) is 0 Å². The van der Waals surface area contributed by atoms with Crippen LogP contribution in [-0.4, -0.2) is 40.7 Å². The first-order valence-corrected chi connectivity index (χ1v) is 8.00. The monoisotopic (exact) mass is 327 g/mol. The number of hydrogen-bond acceptors (Lipinski definition) is 4. The number of amides is 1. The maximum Gasteiger partial charge on any atom is 0.275 e. The second-order valence-electron chi connectivity index (χ2n) is 5.58. The highest BCUT2D eigenvalue weighted by Crippen LogP contribution is 2.26. The molecular formula is C18H21N3O3. The van der Waals surface area contributed by atoms with Crippen molar-refractivity contribution in [1.29, 1.82) is 0 Å². The number of ether oxygens (including phenoxy) is 2. The zero-order valence-corrected chi connectivity index (χ0v) is 13.9. The Balaban J connectivity index is 1.64. The van der Waals surface area contributed by atoms with E-state index in [1.54, 1.807) is 13.2 Å². The van der Waals surface area contributed by atoms with Crippen LogP contribution in [0.3, 0.4) is 0 Å². The van der Waals surface area contributed by atoms with Gasteiger partial charge in [-0.25, -0.2) is 0 Å². The van der Waals surface area contributed by atoms with Crippen LogP contribution in [0.5, 0.6) is 11.5 Å². The number of nitrogens with one attached hydrogen (secondary N) is 1. The quantitative estimate of drug-likeness (QED) is 0.829. The first-order valence-electron chi connectivity index (χ1n) is 8.00. The van der Waals surface area contributed by atoms with Crippen LogP contribution < -0.4 is 9.47 Å². The van der Waals surface area contributed by atoms with Crippen molar-refractivity contribution >= 4 is 5.91 Å². The maximum atomic E-state index is 12.5. The molecular weight excluding hydrogens is 306 g/mol. The van der Waals surface area contributed by atoms with Crippen LogP contribution in [0.15, 0.2) is 42.5 Å². The van der Waals surface area contributed by atoms with Gasteiger partial charge in [-0.1, -0.05) is 31.2 Å². The summed E-state index contributed by atoms with van der Waals surface area (Å²) in [4.78, 5) is 14.4. The molecule has 0 bridgehead atoms. The molecule has 1 N–H and O–H groups in total. The van der Waals surface area contributed by atoms with E-state index in [0.29, 0.717) is 23.7 Å². The van der Waals surface area contributed by atoms with Gasteiger partial charge in [0.15, 0.2) is 17.2 Å². The lowest BCUT2D eigenvalue weighted by molar-refractivity contribution is 0.0741. The zero-order valence-electron chi connectivity index (χ0n) is 13.9. The van der Waals surface area contributed by atoms with Crippen LogP contribution in [0.25, 0.3) is 0 Å². The molecule has 1 amide bonds. The van der Waals surface area contributed by atoms with E-state index in [1.807, 2.05) is 35.2 Å². The van der Waals surface area contributed by atoms with Gasteiger partial charge in [0.1, 0.15) is 6.61 Å². The number of nitrogens with zero attached hydrogens (tertiary/aromatic N) is 2. The Morgan fingerprint density at radius 3 is 2.92 bits per heavy atom. The molecule has 3 rings (SSSR count). The van der Waals surface area contributed by atoms with Gasteiger partial charge in [-0.3, -0.25) is 9.89 Å². The van der Waals surface area contributed by atoms with E-state index in [2.05, 4.69) is 23.2 Å². The average Bonchev–Trinajstić information content (AvgIpc) is 3.28. The third-order valence-corrected chi connectivity index (χ3v) is 4.04. The molecule has 1 aromatic carbocycles. The molecule has 0 fully saturated rings. The van der Waals surface area contributed by atoms with Crippen LogP contribution in [0.4, 0.5) is 0 Å². The summed E-state index contributed by atoms with van der Waals surface area (Å²) in [6, 6.07) is 9.33. The van der Waals surface area contributed by atoms with Crippen LogP contribution in [-0.2, 0) is 6.61 Å². The largest absolute Gasteiger partial charge is 0.493 e. The molecule has 0 saturated carbocycles. The van der Waals surface area contributed by atoms with Gasteiger partial charge in [0.2, 0.25) is 0 Å². The third kappa shape index (κ3) is 3.27. The van der Waals surface area contributed by atoms with Crippen LogP contribution in [0, 0.1) is 0 Å². The predicted octanol–water partition coefficient (Wildman–Crippen LogP) is 2.79. The highest BCUT2D eigenvalue weighted by molar-refractivity contribution is 5.93. The van der Waals surface area contributed by atoms with Gasteiger partial charge in [0.25, 0.3) is 5.91 Å². The van der Waals surface area contributed by atoms with Gasteiger partial charge in [-0.05, 0) is 24.6 Å². The summed E-state index contributed by atoms with van der Waals surface area (Å²) in [5, 5.41) is 7.00. The van der Waals surface area contributed by atoms with Crippen molar-refractivity contribution < 1.29 is 14.3 Å². The Morgan fingerprint density at radius 2 is 2.17 bits per heavy atom. The van der Waals surface area contributed by atoms with Crippen molar-refractivity contribution in [3.63, 3.8) is 0 Å². The third-order valence-electron chi connectivity index (χ3n) is 4.04. The van der Waals surface area contributed by atoms with Crippen molar-refractivity contribution in [3.05, 3.63) is 53.9 Å². The minimum absolute atomic E-state index is 0.0633. The Morgan fingerprint density at radius 1 is 1.38 bits per heavy atom. The van der Waals surface area contributed by atoms with E-state index in [4.69, 9.17) is 9.47 Å². The van der Waals surface area contributed by atoms with Crippen molar-refractivity contribution in [1.82, 2.24) is 15.1 Å². The molecule has 2 aromatic rings. The molecule has 2 heterocycles. The summed E-state index contributed by atoms with van der Waals surface area (Å²) < 4.78 is 11.0. The molecule has 126 valence electrons. The van der Waals surface area contributed by atoms with Gasteiger partial charge in [-0.2, -0.15) is 5.10 Å². The van der Waals surface area contributed by atoms with Crippen LogP contribution in [0.2, 0.25) is 0 Å². The summed E-state index contributed by atoms with van der Waals surface area (Å²) >= 11 is 0. The van der Waals surface area contributed by atoms with Gasteiger partial charge in [-0.15, -0.1) is 0 Å². The fourth-order valence-corrected chi connectivity index (χ4v) is 2.75.